The van der Waals surface area contributed by atoms with E-state index < -0.39 is 0 Å². The molecule has 4 heteroatoms. The zero-order chi connectivity index (χ0) is 16.4. The predicted molar refractivity (Wildman–Crippen MR) is 93.0 cm³/mol. The lowest BCUT2D eigenvalue weighted by molar-refractivity contribution is -0.169. The molecule has 2 aromatic rings. The Balaban J connectivity index is 1.56. The van der Waals surface area contributed by atoms with Crippen LogP contribution in [-0.4, -0.2) is 19.5 Å². The van der Waals surface area contributed by atoms with Gasteiger partial charge < -0.3 is 14.2 Å². The van der Waals surface area contributed by atoms with Crippen molar-refractivity contribution in [2.75, 3.05) is 13.2 Å². The highest BCUT2D eigenvalue weighted by Gasteiger charge is 2.49. The summed E-state index contributed by atoms with van der Waals surface area (Å²) < 4.78 is 17.6. The maximum Gasteiger partial charge on any atom is 0.158 e. The fourth-order valence-corrected chi connectivity index (χ4v) is 3.46. The Labute approximate surface area is 147 Å². The number of rotatable bonds is 5. The van der Waals surface area contributed by atoms with Crippen LogP contribution >= 0.6 is 11.6 Å². The van der Waals surface area contributed by atoms with Crippen LogP contribution in [0.5, 0.6) is 0 Å². The summed E-state index contributed by atoms with van der Waals surface area (Å²) in [6, 6.07) is 16.2. The summed E-state index contributed by atoms with van der Waals surface area (Å²) in [5.41, 5.74) is 3.09. The Hall–Kier alpha value is -1.39. The molecule has 2 fully saturated rings. The lowest BCUT2D eigenvalue weighted by atomic mass is 9.88. The average molecular weight is 345 g/mol. The van der Waals surface area contributed by atoms with E-state index in [9.17, 15) is 0 Å². The first-order valence-electron chi connectivity index (χ1n) is 8.49. The van der Waals surface area contributed by atoms with Crippen LogP contribution < -0.4 is 0 Å². The highest BCUT2D eigenvalue weighted by molar-refractivity contribution is 6.30. The van der Waals surface area contributed by atoms with Crippen molar-refractivity contribution in [1.82, 2.24) is 0 Å². The van der Waals surface area contributed by atoms with Crippen LogP contribution in [0.4, 0.5) is 0 Å². The molecule has 0 amide bonds. The van der Waals surface area contributed by atoms with Crippen LogP contribution in [-0.2, 0) is 26.4 Å². The molecule has 2 aliphatic rings. The van der Waals surface area contributed by atoms with Crippen LogP contribution in [0.3, 0.4) is 0 Å². The lowest BCUT2D eigenvalue weighted by Gasteiger charge is -2.24. The Morgan fingerprint density at radius 1 is 1.08 bits per heavy atom. The highest BCUT2D eigenvalue weighted by atomic mass is 35.5. The minimum atomic E-state index is -0.363. The molecule has 3 nitrogen and oxygen atoms in total. The zero-order valence-corrected chi connectivity index (χ0v) is 14.3. The fourth-order valence-electron chi connectivity index (χ4n) is 3.33. The molecule has 2 aliphatic heterocycles. The van der Waals surface area contributed by atoms with Crippen LogP contribution in [0.25, 0.3) is 0 Å². The summed E-state index contributed by atoms with van der Waals surface area (Å²) in [7, 11) is 0. The summed E-state index contributed by atoms with van der Waals surface area (Å²) in [5.74, 6) is 0. The van der Waals surface area contributed by atoms with Crippen LogP contribution in [0.2, 0.25) is 5.02 Å². The van der Waals surface area contributed by atoms with E-state index in [1.165, 1.54) is 12.0 Å². The van der Waals surface area contributed by atoms with Crippen LogP contribution in [0.1, 0.15) is 36.0 Å². The van der Waals surface area contributed by atoms with Gasteiger partial charge in [-0.15, -0.1) is 0 Å². The van der Waals surface area contributed by atoms with Crippen LogP contribution in [0.15, 0.2) is 48.5 Å². The van der Waals surface area contributed by atoms with Crippen molar-refractivity contribution < 1.29 is 14.2 Å². The van der Waals surface area contributed by atoms with Crippen molar-refractivity contribution in [1.29, 1.82) is 0 Å². The van der Waals surface area contributed by atoms with Crippen molar-refractivity contribution in [2.45, 2.75) is 37.8 Å². The molecular weight excluding hydrogens is 324 g/mol. The van der Waals surface area contributed by atoms with E-state index >= 15 is 0 Å². The second-order valence-corrected chi connectivity index (χ2v) is 6.82. The zero-order valence-electron chi connectivity index (χ0n) is 13.5. The predicted octanol–water partition coefficient (Wildman–Crippen LogP) is 4.66. The number of hydrogen-bond acceptors (Lipinski definition) is 3. The number of benzene rings is 2. The van der Waals surface area contributed by atoms with Crippen molar-refractivity contribution in [2.24, 2.45) is 0 Å². The molecular formula is C20H21ClO3. The minimum absolute atomic E-state index is 0.0848. The number of epoxide rings is 1. The van der Waals surface area contributed by atoms with E-state index in [-0.39, 0.29) is 11.9 Å². The van der Waals surface area contributed by atoms with Gasteiger partial charge in [0.15, 0.2) is 6.29 Å². The van der Waals surface area contributed by atoms with Gasteiger partial charge in [-0.3, -0.25) is 0 Å². The first-order valence-corrected chi connectivity index (χ1v) is 8.87. The molecule has 0 aliphatic carbocycles. The summed E-state index contributed by atoms with van der Waals surface area (Å²) in [6.07, 6.45) is 3.19. The van der Waals surface area contributed by atoms with Gasteiger partial charge in [-0.2, -0.15) is 0 Å². The van der Waals surface area contributed by atoms with Gasteiger partial charge in [0.25, 0.3) is 0 Å². The number of halogens is 1. The monoisotopic (exact) mass is 344 g/mol. The second kappa shape index (κ2) is 6.85. The molecule has 0 bridgehead atoms. The fraction of sp³-hybridized carbons (Fsp3) is 0.400. The topological polar surface area (TPSA) is 31.0 Å². The smallest absolute Gasteiger partial charge is 0.158 e. The molecule has 2 unspecified atom stereocenters. The van der Waals surface area contributed by atoms with Gasteiger partial charge in [-0.25, -0.2) is 0 Å². The molecule has 0 spiro atoms. The Morgan fingerprint density at radius 3 is 2.58 bits per heavy atom. The van der Waals surface area contributed by atoms with Crippen LogP contribution in [0, 0.1) is 0 Å². The first-order chi connectivity index (χ1) is 11.8. The molecule has 24 heavy (non-hydrogen) atoms. The van der Waals surface area contributed by atoms with E-state index in [0.29, 0.717) is 13.2 Å². The van der Waals surface area contributed by atoms with Gasteiger partial charge in [-0.05, 0) is 48.1 Å². The normalized spacial score (nSPS) is 26.3. The Bertz CT molecular complexity index is 688. The maximum atomic E-state index is 6.02. The molecule has 0 saturated carbocycles. The SMILES string of the molecule is Clc1ccc(C2(c3ccccc3COC3CCCCO3)CO2)cc1. The largest absolute Gasteiger partial charge is 0.359 e. The average Bonchev–Trinajstić information content (AvgIpc) is 3.43. The number of ether oxygens (including phenoxy) is 3. The second-order valence-electron chi connectivity index (χ2n) is 6.39. The maximum absolute atomic E-state index is 6.02. The van der Waals surface area contributed by atoms with Gasteiger partial charge >= 0.3 is 0 Å². The summed E-state index contributed by atoms with van der Waals surface area (Å²) in [6.45, 7) is 2.02. The molecule has 2 atom stereocenters. The van der Waals surface area contributed by atoms with Crippen molar-refractivity contribution >= 4 is 11.6 Å². The third-order valence-corrected chi connectivity index (χ3v) is 5.01. The molecule has 0 N–H and O–H groups in total. The standard InChI is InChI=1S/C20H21ClO3/c21-17-10-8-16(9-11-17)20(14-24-20)18-6-2-1-5-15(18)13-23-19-7-3-4-12-22-19/h1-2,5-6,8-11,19H,3-4,7,12-14H2. The molecule has 0 aromatic heterocycles. The summed E-state index contributed by atoms with van der Waals surface area (Å²) >= 11 is 6.02. The van der Waals surface area contributed by atoms with E-state index in [1.54, 1.807) is 0 Å². The van der Waals surface area contributed by atoms with Crippen molar-refractivity contribution in [3.63, 3.8) is 0 Å². The van der Waals surface area contributed by atoms with Gasteiger partial charge in [0.2, 0.25) is 0 Å². The van der Waals surface area contributed by atoms with Gasteiger partial charge in [0, 0.05) is 11.6 Å². The minimum Gasteiger partial charge on any atom is -0.359 e. The van der Waals surface area contributed by atoms with Crippen molar-refractivity contribution in [3.05, 3.63) is 70.2 Å². The van der Waals surface area contributed by atoms with E-state index in [2.05, 4.69) is 18.2 Å². The molecule has 0 radical (unpaired) electrons. The summed E-state index contributed by atoms with van der Waals surface area (Å²) in [5, 5.41) is 0.737. The van der Waals surface area contributed by atoms with E-state index in [1.807, 2.05) is 30.3 Å². The summed E-state index contributed by atoms with van der Waals surface area (Å²) in [4.78, 5) is 0. The quantitative estimate of drug-likeness (QED) is 0.739. The number of hydrogen-bond donors (Lipinski definition) is 0. The lowest BCUT2D eigenvalue weighted by Crippen LogP contribution is -2.23. The molecule has 2 aromatic carbocycles. The molecule has 2 heterocycles. The third-order valence-electron chi connectivity index (χ3n) is 4.76. The van der Waals surface area contributed by atoms with Gasteiger partial charge in [0.1, 0.15) is 5.60 Å². The van der Waals surface area contributed by atoms with Crippen molar-refractivity contribution in [3.8, 4) is 0 Å². The Kier molecular flexibility index (Phi) is 4.59. The third kappa shape index (κ3) is 3.22. The first kappa shape index (κ1) is 16.1. The van der Waals surface area contributed by atoms with Gasteiger partial charge in [-0.1, -0.05) is 48.0 Å². The molecule has 2 saturated heterocycles. The molecule has 126 valence electrons. The van der Waals surface area contributed by atoms with E-state index in [4.69, 9.17) is 25.8 Å². The van der Waals surface area contributed by atoms with E-state index in [0.717, 1.165) is 35.6 Å². The van der Waals surface area contributed by atoms with Gasteiger partial charge in [0.05, 0.1) is 13.2 Å². The Morgan fingerprint density at radius 2 is 1.88 bits per heavy atom. The molecule has 4 rings (SSSR count). The highest BCUT2D eigenvalue weighted by Crippen LogP contribution is 2.46.